The first-order valence-electron chi connectivity index (χ1n) is 9.15. The molecule has 6 nitrogen and oxygen atoms in total. The number of nitrogens with zero attached hydrogens (tertiary/aromatic N) is 4. The van der Waals surface area contributed by atoms with Gasteiger partial charge in [0, 0.05) is 38.6 Å². The summed E-state index contributed by atoms with van der Waals surface area (Å²) in [5.74, 6) is 2.75. The van der Waals surface area contributed by atoms with Crippen molar-refractivity contribution >= 4 is 5.91 Å². The fourth-order valence-electron chi connectivity index (χ4n) is 4.17. The molecular formula is C17H26N4O2. The number of carbonyl (C=O) groups is 1. The monoisotopic (exact) mass is 318 g/mol. The second kappa shape index (κ2) is 6.59. The third kappa shape index (κ3) is 3.01. The molecule has 1 aromatic rings. The van der Waals surface area contributed by atoms with E-state index in [0.717, 1.165) is 70.0 Å². The first-order chi connectivity index (χ1) is 11.3. The Hall–Kier alpha value is -1.43. The number of hydrogen-bond donors (Lipinski definition) is 0. The summed E-state index contributed by atoms with van der Waals surface area (Å²) in [4.78, 5) is 14.6. The number of amides is 1. The Morgan fingerprint density at radius 1 is 1.04 bits per heavy atom. The van der Waals surface area contributed by atoms with Gasteiger partial charge in [-0.25, -0.2) is 0 Å². The Bertz CT molecular complexity index is 565. The van der Waals surface area contributed by atoms with E-state index in [9.17, 15) is 4.79 Å². The third-order valence-corrected chi connectivity index (χ3v) is 5.44. The molecule has 0 radical (unpaired) electrons. The zero-order chi connectivity index (χ0) is 15.6. The van der Waals surface area contributed by atoms with Crippen molar-refractivity contribution in [3.8, 4) is 0 Å². The number of piperidine rings is 1. The van der Waals surface area contributed by atoms with Crippen molar-refractivity contribution < 1.29 is 9.53 Å². The minimum absolute atomic E-state index is 0.183. The number of likely N-dealkylation sites (tertiary alicyclic amines) is 1. The number of fused-ring (bicyclic) bond motifs is 1. The van der Waals surface area contributed by atoms with Crippen LogP contribution in [0.25, 0.3) is 0 Å². The van der Waals surface area contributed by atoms with Crippen LogP contribution in [-0.2, 0) is 22.5 Å². The lowest BCUT2D eigenvalue weighted by atomic mass is 9.96. The molecule has 2 unspecified atom stereocenters. The van der Waals surface area contributed by atoms with E-state index in [2.05, 4.69) is 14.8 Å². The zero-order valence-corrected chi connectivity index (χ0v) is 13.7. The maximum atomic E-state index is 12.6. The van der Waals surface area contributed by atoms with Crippen LogP contribution in [0.15, 0.2) is 0 Å². The molecule has 4 heterocycles. The van der Waals surface area contributed by atoms with Crippen molar-refractivity contribution in [2.45, 2.75) is 69.9 Å². The minimum atomic E-state index is -0.204. The molecule has 1 aromatic heterocycles. The fourth-order valence-corrected chi connectivity index (χ4v) is 4.17. The van der Waals surface area contributed by atoms with Crippen LogP contribution in [0.1, 0.15) is 62.5 Å². The molecule has 2 saturated heterocycles. The lowest BCUT2D eigenvalue weighted by Crippen LogP contribution is -2.44. The molecule has 2 fully saturated rings. The topological polar surface area (TPSA) is 60.2 Å². The summed E-state index contributed by atoms with van der Waals surface area (Å²) in [5.41, 5.74) is 0. The molecule has 0 aliphatic carbocycles. The SMILES string of the molecule is O=C(C1CCCO1)N1CCCC(c2nnc3n2CCCCC3)C1. The van der Waals surface area contributed by atoms with Crippen LogP contribution < -0.4 is 0 Å². The summed E-state index contributed by atoms with van der Waals surface area (Å²) in [6, 6.07) is 0. The third-order valence-electron chi connectivity index (χ3n) is 5.44. The number of aromatic nitrogens is 3. The van der Waals surface area contributed by atoms with Crippen molar-refractivity contribution in [2.75, 3.05) is 19.7 Å². The van der Waals surface area contributed by atoms with Crippen molar-refractivity contribution in [1.29, 1.82) is 0 Å². The Kier molecular flexibility index (Phi) is 4.33. The van der Waals surface area contributed by atoms with Crippen LogP contribution in [0.2, 0.25) is 0 Å². The van der Waals surface area contributed by atoms with Crippen molar-refractivity contribution in [3.05, 3.63) is 11.6 Å². The highest BCUT2D eigenvalue weighted by molar-refractivity contribution is 5.81. The van der Waals surface area contributed by atoms with Gasteiger partial charge in [-0.2, -0.15) is 0 Å². The lowest BCUT2D eigenvalue weighted by Gasteiger charge is -2.33. The van der Waals surface area contributed by atoms with Gasteiger partial charge in [-0.15, -0.1) is 10.2 Å². The predicted molar refractivity (Wildman–Crippen MR) is 85.1 cm³/mol. The molecule has 23 heavy (non-hydrogen) atoms. The second-order valence-corrected chi connectivity index (χ2v) is 7.06. The summed E-state index contributed by atoms with van der Waals surface area (Å²) < 4.78 is 7.91. The fraction of sp³-hybridized carbons (Fsp3) is 0.824. The highest BCUT2D eigenvalue weighted by Gasteiger charge is 2.33. The quantitative estimate of drug-likeness (QED) is 0.835. The molecule has 0 spiro atoms. The lowest BCUT2D eigenvalue weighted by molar-refractivity contribution is -0.142. The van der Waals surface area contributed by atoms with Gasteiger partial charge in [0.1, 0.15) is 17.8 Å². The van der Waals surface area contributed by atoms with Gasteiger partial charge in [0.15, 0.2) is 0 Å². The molecule has 0 bridgehead atoms. The first kappa shape index (κ1) is 15.1. The Balaban J connectivity index is 1.49. The maximum absolute atomic E-state index is 12.6. The van der Waals surface area contributed by atoms with Gasteiger partial charge in [-0.3, -0.25) is 4.79 Å². The van der Waals surface area contributed by atoms with E-state index < -0.39 is 0 Å². The molecule has 1 amide bonds. The van der Waals surface area contributed by atoms with Crippen LogP contribution in [0.5, 0.6) is 0 Å². The Labute approximate surface area is 137 Å². The van der Waals surface area contributed by atoms with E-state index in [0.29, 0.717) is 5.92 Å². The highest BCUT2D eigenvalue weighted by atomic mass is 16.5. The van der Waals surface area contributed by atoms with E-state index in [1.807, 2.05) is 4.90 Å². The van der Waals surface area contributed by atoms with Crippen LogP contribution >= 0.6 is 0 Å². The van der Waals surface area contributed by atoms with Crippen molar-refractivity contribution in [2.24, 2.45) is 0 Å². The maximum Gasteiger partial charge on any atom is 0.251 e. The van der Waals surface area contributed by atoms with Crippen LogP contribution in [0.4, 0.5) is 0 Å². The van der Waals surface area contributed by atoms with E-state index in [-0.39, 0.29) is 12.0 Å². The van der Waals surface area contributed by atoms with Gasteiger partial charge < -0.3 is 14.2 Å². The number of carbonyl (C=O) groups excluding carboxylic acids is 1. The molecule has 3 aliphatic heterocycles. The van der Waals surface area contributed by atoms with Gasteiger partial charge in [0.2, 0.25) is 0 Å². The number of rotatable bonds is 2. The van der Waals surface area contributed by atoms with Gasteiger partial charge in [0.05, 0.1) is 0 Å². The number of ether oxygens (including phenoxy) is 1. The van der Waals surface area contributed by atoms with Gasteiger partial charge in [-0.05, 0) is 38.5 Å². The molecule has 3 aliphatic rings. The summed E-state index contributed by atoms with van der Waals surface area (Å²) in [5, 5.41) is 8.92. The minimum Gasteiger partial charge on any atom is -0.368 e. The Morgan fingerprint density at radius 3 is 2.87 bits per heavy atom. The predicted octanol–water partition coefficient (Wildman–Crippen LogP) is 1.89. The molecule has 2 atom stereocenters. The van der Waals surface area contributed by atoms with E-state index in [1.54, 1.807) is 0 Å². The van der Waals surface area contributed by atoms with Crippen LogP contribution in [0, 0.1) is 0 Å². The number of hydrogen-bond acceptors (Lipinski definition) is 4. The number of aryl methyl sites for hydroxylation is 1. The van der Waals surface area contributed by atoms with Crippen molar-refractivity contribution in [1.82, 2.24) is 19.7 Å². The van der Waals surface area contributed by atoms with Gasteiger partial charge >= 0.3 is 0 Å². The smallest absolute Gasteiger partial charge is 0.251 e. The van der Waals surface area contributed by atoms with E-state index in [4.69, 9.17) is 4.74 Å². The van der Waals surface area contributed by atoms with Crippen molar-refractivity contribution in [3.63, 3.8) is 0 Å². The van der Waals surface area contributed by atoms with Gasteiger partial charge in [0.25, 0.3) is 5.91 Å². The first-order valence-corrected chi connectivity index (χ1v) is 9.15. The van der Waals surface area contributed by atoms with Gasteiger partial charge in [-0.1, -0.05) is 6.42 Å². The highest BCUT2D eigenvalue weighted by Crippen LogP contribution is 2.29. The summed E-state index contributed by atoms with van der Waals surface area (Å²) >= 11 is 0. The van der Waals surface area contributed by atoms with E-state index in [1.165, 1.54) is 19.3 Å². The average molecular weight is 318 g/mol. The zero-order valence-electron chi connectivity index (χ0n) is 13.7. The molecule has 4 rings (SSSR count). The summed E-state index contributed by atoms with van der Waals surface area (Å²) in [6.07, 6.45) is 8.57. The largest absolute Gasteiger partial charge is 0.368 e. The second-order valence-electron chi connectivity index (χ2n) is 7.06. The summed E-state index contributed by atoms with van der Waals surface area (Å²) in [6.45, 7) is 3.40. The standard InChI is InChI=1S/C17H26N4O2/c22-17(14-7-5-11-23-14)20-9-4-6-13(12-20)16-19-18-15-8-2-1-3-10-21(15)16/h13-14H,1-12H2. The van der Waals surface area contributed by atoms with E-state index >= 15 is 0 Å². The van der Waals surface area contributed by atoms with Crippen LogP contribution in [-0.4, -0.2) is 51.4 Å². The normalized spacial score (nSPS) is 28.4. The van der Waals surface area contributed by atoms with Crippen LogP contribution in [0.3, 0.4) is 0 Å². The molecule has 6 heteroatoms. The molecule has 0 saturated carbocycles. The summed E-state index contributed by atoms with van der Waals surface area (Å²) in [7, 11) is 0. The molecule has 126 valence electrons. The molecular weight excluding hydrogens is 292 g/mol. The molecule has 0 N–H and O–H groups in total. The Morgan fingerprint density at radius 2 is 2.00 bits per heavy atom. The average Bonchev–Trinajstić information content (AvgIpc) is 3.20. The molecule has 0 aromatic carbocycles.